The summed E-state index contributed by atoms with van der Waals surface area (Å²) in [5.74, 6) is -0.0481. The third kappa shape index (κ3) is 2.89. The van der Waals surface area contributed by atoms with Crippen molar-refractivity contribution >= 4 is 18.5 Å². The fourth-order valence-electron chi connectivity index (χ4n) is 1.94. The van der Waals surface area contributed by atoms with Gasteiger partial charge in [-0.15, -0.1) is 0 Å². The van der Waals surface area contributed by atoms with Crippen LogP contribution >= 0.6 is 12.6 Å². The number of thiol groups is 1. The number of carbonyl (C=O) groups excluding carboxylic acids is 1. The molecule has 3 nitrogen and oxygen atoms in total. The number of aliphatic hydroxyl groups excluding tert-OH is 1. The first kappa shape index (κ1) is 11.9. The second kappa shape index (κ2) is 5.03. The van der Waals surface area contributed by atoms with E-state index in [1.54, 1.807) is 6.92 Å². The molecule has 1 amide bonds. The molecule has 2 N–H and O–H groups in total. The first-order valence-electron chi connectivity index (χ1n) is 5.16. The quantitative estimate of drug-likeness (QED) is 0.615. The highest BCUT2D eigenvalue weighted by Gasteiger charge is 2.33. The SMILES string of the molecule is CC(S)C(=O)NCC1(CO)CCCC1. The Labute approximate surface area is 90.7 Å². The van der Waals surface area contributed by atoms with E-state index in [9.17, 15) is 9.90 Å². The molecular weight excluding hydrogens is 198 g/mol. The second-order valence-electron chi connectivity index (χ2n) is 4.26. The summed E-state index contributed by atoms with van der Waals surface area (Å²) in [5, 5.41) is 11.9. The molecule has 1 aliphatic rings. The van der Waals surface area contributed by atoms with Crippen LogP contribution < -0.4 is 5.32 Å². The van der Waals surface area contributed by atoms with Gasteiger partial charge >= 0.3 is 0 Å². The lowest BCUT2D eigenvalue weighted by atomic mass is 9.87. The molecule has 0 aliphatic heterocycles. The predicted molar refractivity (Wildman–Crippen MR) is 59.4 cm³/mol. The molecule has 1 saturated carbocycles. The average molecular weight is 217 g/mol. The van der Waals surface area contributed by atoms with Crippen LogP contribution in [0.3, 0.4) is 0 Å². The summed E-state index contributed by atoms with van der Waals surface area (Å²) in [5.41, 5.74) is -0.0572. The smallest absolute Gasteiger partial charge is 0.232 e. The van der Waals surface area contributed by atoms with Gasteiger partial charge in [0.2, 0.25) is 5.91 Å². The Kier molecular flexibility index (Phi) is 4.26. The maximum Gasteiger partial charge on any atom is 0.232 e. The van der Waals surface area contributed by atoms with E-state index in [0.29, 0.717) is 6.54 Å². The van der Waals surface area contributed by atoms with Crippen LogP contribution in [-0.2, 0) is 4.79 Å². The summed E-state index contributed by atoms with van der Waals surface area (Å²) >= 11 is 4.05. The predicted octanol–water partition coefficient (Wildman–Crippen LogP) is 0.974. The number of rotatable bonds is 4. The zero-order chi connectivity index (χ0) is 10.6. The van der Waals surface area contributed by atoms with Crippen LogP contribution in [0.1, 0.15) is 32.6 Å². The molecule has 1 aliphatic carbocycles. The summed E-state index contributed by atoms with van der Waals surface area (Å²) in [6.07, 6.45) is 4.36. The van der Waals surface area contributed by atoms with Crippen molar-refractivity contribution < 1.29 is 9.90 Å². The lowest BCUT2D eigenvalue weighted by Crippen LogP contribution is -2.40. The van der Waals surface area contributed by atoms with Crippen LogP contribution in [0.5, 0.6) is 0 Å². The third-order valence-electron chi connectivity index (χ3n) is 3.02. The molecule has 0 aromatic carbocycles. The van der Waals surface area contributed by atoms with Gasteiger partial charge in [-0.1, -0.05) is 12.8 Å². The van der Waals surface area contributed by atoms with Crippen LogP contribution in [0.25, 0.3) is 0 Å². The summed E-state index contributed by atoms with van der Waals surface area (Å²) in [6.45, 7) is 2.51. The van der Waals surface area contributed by atoms with E-state index in [4.69, 9.17) is 0 Å². The van der Waals surface area contributed by atoms with Gasteiger partial charge in [-0.2, -0.15) is 12.6 Å². The highest BCUT2D eigenvalue weighted by molar-refractivity contribution is 7.81. The monoisotopic (exact) mass is 217 g/mol. The van der Waals surface area contributed by atoms with Crippen molar-refractivity contribution in [2.24, 2.45) is 5.41 Å². The number of carbonyl (C=O) groups is 1. The first-order valence-corrected chi connectivity index (χ1v) is 5.68. The second-order valence-corrected chi connectivity index (χ2v) is 5.03. The van der Waals surface area contributed by atoms with E-state index in [1.807, 2.05) is 0 Å². The standard InChI is InChI=1S/C10H19NO2S/c1-8(14)9(13)11-6-10(7-12)4-2-3-5-10/h8,12,14H,2-7H2,1H3,(H,11,13). The fraction of sp³-hybridized carbons (Fsp3) is 0.900. The maximum atomic E-state index is 11.3. The molecule has 0 aromatic heterocycles. The van der Waals surface area contributed by atoms with Crippen LogP contribution in [0.4, 0.5) is 0 Å². The van der Waals surface area contributed by atoms with Crippen molar-refractivity contribution in [1.29, 1.82) is 0 Å². The van der Waals surface area contributed by atoms with Crippen molar-refractivity contribution in [3.05, 3.63) is 0 Å². The van der Waals surface area contributed by atoms with Gasteiger partial charge in [0.25, 0.3) is 0 Å². The van der Waals surface area contributed by atoms with Gasteiger partial charge in [0.05, 0.1) is 11.9 Å². The van der Waals surface area contributed by atoms with Gasteiger partial charge in [-0.05, 0) is 19.8 Å². The van der Waals surface area contributed by atoms with E-state index >= 15 is 0 Å². The van der Waals surface area contributed by atoms with Crippen molar-refractivity contribution in [1.82, 2.24) is 5.32 Å². The van der Waals surface area contributed by atoms with Gasteiger partial charge in [0.15, 0.2) is 0 Å². The Balaban J connectivity index is 2.38. The molecular formula is C10H19NO2S. The Morgan fingerprint density at radius 2 is 2.14 bits per heavy atom. The molecule has 1 unspecified atom stereocenters. The van der Waals surface area contributed by atoms with Crippen molar-refractivity contribution in [2.75, 3.05) is 13.2 Å². The molecule has 0 heterocycles. The first-order chi connectivity index (χ1) is 6.59. The molecule has 0 aromatic rings. The van der Waals surface area contributed by atoms with E-state index in [2.05, 4.69) is 17.9 Å². The van der Waals surface area contributed by atoms with E-state index in [1.165, 1.54) is 0 Å². The number of amides is 1. The number of nitrogens with one attached hydrogen (secondary N) is 1. The summed E-state index contributed by atoms with van der Waals surface area (Å²) in [4.78, 5) is 11.3. The van der Waals surface area contributed by atoms with Crippen LogP contribution in [0.15, 0.2) is 0 Å². The zero-order valence-corrected chi connectivity index (χ0v) is 9.52. The minimum absolute atomic E-state index is 0.0481. The highest BCUT2D eigenvalue weighted by Crippen LogP contribution is 2.36. The van der Waals surface area contributed by atoms with Crippen LogP contribution in [0, 0.1) is 5.41 Å². The lowest BCUT2D eigenvalue weighted by Gasteiger charge is -2.26. The summed E-state index contributed by atoms with van der Waals surface area (Å²) in [7, 11) is 0. The molecule has 4 heteroatoms. The third-order valence-corrected chi connectivity index (χ3v) is 3.25. The molecule has 1 fully saturated rings. The fourth-order valence-corrected chi connectivity index (χ4v) is 2.03. The average Bonchev–Trinajstić information content (AvgIpc) is 2.63. The summed E-state index contributed by atoms with van der Waals surface area (Å²) < 4.78 is 0. The lowest BCUT2D eigenvalue weighted by molar-refractivity contribution is -0.120. The Hall–Kier alpha value is -0.220. The molecule has 82 valence electrons. The molecule has 0 radical (unpaired) electrons. The maximum absolute atomic E-state index is 11.3. The van der Waals surface area contributed by atoms with Crippen molar-refractivity contribution in [2.45, 2.75) is 37.9 Å². The number of hydrogen-bond acceptors (Lipinski definition) is 3. The Bertz CT molecular complexity index is 200. The molecule has 1 rings (SSSR count). The highest BCUT2D eigenvalue weighted by atomic mass is 32.1. The Morgan fingerprint density at radius 3 is 2.57 bits per heavy atom. The molecule has 14 heavy (non-hydrogen) atoms. The van der Waals surface area contributed by atoms with Gasteiger partial charge in [-0.25, -0.2) is 0 Å². The largest absolute Gasteiger partial charge is 0.396 e. The van der Waals surface area contributed by atoms with E-state index in [-0.39, 0.29) is 23.2 Å². The number of hydrogen-bond donors (Lipinski definition) is 3. The van der Waals surface area contributed by atoms with Gasteiger partial charge in [0.1, 0.15) is 0 Å². The minimum atomic E-state index is -0.271. The Morgan fingerprint density at radius 1 is 1.57 bits per heavy atom. The number of aliphatic hydroxyl groups is 1. The molecule has 1 atom stereocenters. The van der Waals surface area contributed by atoms with Crippen molar-refractivity contribution in [3.8, 4) is 0 Å². The molecule has 0 saturated heterocycles. The van der Waals surface area contributed by atoms with E-state index < -0.39 is 0 Å². The van der Waals surface area contributed by atoms with Gasteiger partial charge in [0, 0.05) is 12.0 Å². The van der Waals surface area contributed by atoms with Gasteiger partial charge < -0.3 is 10.4 Å². The zero-order valence-electron chi connectivity index (χ0n) is 8.62. The summed E-state index contributed by atoms with van der Waals surface area (Å²) in [6, 6.07) is 0. The van der Waals surface area contributed by atoms with E-state index in [0.717, 1.165) is 25.7 Å². The molecule has 0 spiro atoms. The van der Waals surface area contributed by atoms with Crippen LogP contribution in [-0.4, -0.2) is 29.4 Å². The topological polar surface area (TPSA) is 49.3 Å². The van der Waals surface area contributed by atoms with Crippen molar-refractivity contribution in [3.63, 3.8) is 0 Å². The normalized spacial score (nSPS) is 21.9. The molecule has 0 bridgehead atoms. The van der Waals surface area contributed by atoms with Gasteiger partial charge in [-0.3, -0.25) is 4.79 Å². The van der Waals surface area contributed by atoms with Crippen LogP contribution in [0.2, 0.25) is 0 Å². The minimum Gasteiger partial charge on any atom is -0.396 e.